The summed E-state index contributed by atoms with van der Waals surface area (Å²) in [7, 11) is -1.29. The van der Waals surface area contributed by atoms with E-state index in [0.29, 0.717) is 24.5 Å². The Hall–Kier alpha value is -2.62. The molecule has 1 heterocycles. The summed E-state index contributed by atoms with van der Waals surface area (Å²) in [6.07, 6.45) is -0.352. The summed E-state index contributed by atoms with van der Waals surface area (Å²) in [5, 5.41) is 0. The van der Waals surface area contributed by atoms with Gasteiger partial charge in [-0.25, -0.2) is 8.42 Å². The van der Waals surface area contributed by atoms with E-state index in [1.54, 1.807) is 36.4 Å². The normalized spacial score (nSPS) is 19.4. The fourth-order valence-electron chi connectivity index (χ4n) is 3.30. The summed E-state index contributed by atoms with van der Waals surface area (Å²) >= 11 is 0. The number of hydrogen-bond acceptors (Lipinski definition) is 6. The van der Waals surface area contributed by atoms with Crippen LogP contribution in [0.3, 0.4) is 0 Å². The molecule has 0 saturated carbocycles. The number of rotatable bonds is 7. The van der Waals surface area contributed by atoms with Crippen LogP contribution in [0.2, 0.25) is 0 Å². The lowest BCUT2D eigenvalue weighted by molar-refractivity contribution is -0.0941. The summed E-state index contributed by atoms with van der Waals surface area (Å²) in [6, 6.07) is 11.9. The number of nitrogens with two attached hydrogens (primary N) is 1. The molecule has 150 valence electrons. The highest BCUT2D eigenvalue weighted by Gasteiger charge is 2.42. The van der Waals surface area contributed by atoms with Crippen LogP contribution in [-0.4, -0.2) is 47.5 Å². The number of carbonyl (C=O) groups excluding carboxylic acids is 1. The maximum Gasteiger partial charge on any atom is 0.265 e. The Morgan fingerprint density at radius 2 is 1.82 bits per heavy atom. The molecule has 2 aromatic rings. The van der Waals surface area contributed by atoms with Gasteiger partial charge in [0, 0.05) is 7.11 Å². The number of para-hydroxylation sites is 2. The smallest absolute Gasteiger partial charge is 0.265 e. The number of anilines is 1. The van der Waals surface area contributed by atoms with Crippen LogP contribution in [0.4, 0.5) is 5.69 Å². The Labute approximate surface area is 163 Å². The zero-order valence-corrected chi connectivity index (χ0v) is 16.4. The summed E-state index contributed by atoms with van der Waals surface area (Å²) in [6.45, 7) is 0.335. The Balaban J connectivity index is 2.23. The first-order valence-corrected chi connectivity index (χ1v) is 10.1. The highest BCUT2D eigenvalue weighted by molar-refractivity contribution is 7.93. The monoisotopic (exact) mass is 406 g/mol. The summed E-state index contributed by atoms with van der Waals surface area (Å²) in [5.74, 6) is -0.463. The summed E-state index contributed by atoms with van der Waals surface area (Å²) in [5.41, 5.74) is 5.65. The van der Waals surface area contributed by atoms with Gasteiger partial charge < -0.3 is 19.9 Å². The molecule has 0 unspecified atom stereocenters. The van der Waals surface area contributed by atoms with Gasteiger partial charge in [0.15, 0.2) is 6.29 Å². The Bertz CT molecular complexity index is 962. The predicted octanol–water partition coefficient (Wildman–Crippen LogP) is 1.75. The van der Waals surface area contributed by atoms with Crippen molar-refractivity contribution in [3.05, 3.63) is 54.1 Å². The van der Waals surface area contributed by atoms with E-state index in [1.165, 1.54) is 30.7 Å². The van der Waals surface area contributed by atoms with Crippen molar-refractivity contribution in [3.8, 4) is 5.75 Å². The number of hydrogen-bond donors (Lipinski definition) is 1. The van der Waals surface area contributed by atoms with E-state index >= 15 is 0 Å². The van der Waals surface area contributed by atoms with Crippen LogP contribution in [0.5, 0.6) is 5.75 Å². The number of nitrogens with zero attached hydrogens (tertiary/aromatic N) is 1. The van der Waals surface area contributed by atoms with E-state index < -0.39 is 28.3 Å². The van der Waals surface area contributed by atoms with Gasteiger partial charge in [0.1, 0.15) is 10.6 Å². The lowest BCUT2D eigenvalue weighted by Gasteiger charge is -2.33. The maximum atomic E-state index is 13.7. The van der Waals surface area contributed by atoms with E-state index in [1.807, 2.05) is 0 Å². The summed E-state index contributed by atoms with van der Waals surface area (Å²) < 4.78 is 44.9. The fraction of sp³-hybridized carbons (Fsp3) is 0.316. The quantitative estimate of drug-likeness (QED) is 0.750. The van der Waals surface area contributed by atoms with E-state index in [-0.39, 0.29) is 10.5 Å². The molecule has 0 aliphatic carbocycles. The molecular weight excluding hydrogens is 384 g/mol. The van der Waals surface area contributed by atoms with E-state index in [9.17, 15) is 13.2 Å². The number of sulfonamides is 1. The van der Waals surface area contributed by atoms with E-state index in [4.69, 9.17) is 19.9 Å². The van der Waals surface area contributed by atoms with Crippen molar-refractivity contribution >= 4 is 21.6 Å². The van der Waals surface area contributed by atoms with Crippen LogP contribution in [-0.2, 0) is 19.5 Å². The molecule has 1 amide bonds. The first-order valence-electron chi connectivity index (χ1n) is 8.62. The third kappa shape index (κ3) is 3.56. The molecule has 0 bridgehead atoms. The molecule has 3 rings (SSSR count). The molecule has 1 fully saturated rings. The first kappa shape index (κ1) is 20.1. The van der Waals surface area contributed by atoms with Crippen molar-refractivity contribution in [1.29, 1.82) is 0 Å². The van der Waals surface area contributed by atoms with Crippen LogP contribution in [0.25, 0.3) is 0 Å². The van der Waals surface area contributed by atoms with Crippen LogP contribution in [0.1, 0.15) is 16.8 Å². The molecule has 0 radical (unpaired) electrons. The summed E-state index contributed by atoms with van der Waals surface area (Å²) in [4.78, 5) is 11.7. The number of ether oxygens (including phenoxy) is 3. The molecule has 8 nitrogen and oxygen atoms in total. The molecule has 28 heavy (non-hydrogen) atoms. The average molecular weight is 406 g/mol. The van der Waals surface area contributed by atoms with Crippen LogP contribution in [0.15, 0.2) is 53.4 Å². The van der Waals surface area contributed by atoms with Gasteiger partial charge in [0.05, 0.1) is 31.0 Å². The molecule has 1 saturated heterocycles. The second-order valence-corrected chi connectivity index (χ2v) is 7.95. The topological polar surface area (TPSA) is 108 Å². The third-order valence-corrected chi connectivity index (χ3v) is 6.45. The lowest BCUT2D eigenvalue weighted by atomic mass is 10.2. The molecule has 2 aromatic carbocycles. The zero-order valence-electron chi connectivity index (χ0n) is 15.6. The Morgan fingerprint density at radius 3 is 2.50 bits per heavy atom. The zero-order chi connectivity index (χ0) is 20.3. The fourth-order valence-corrected chi connectivity index (χ4v) is 5.18. The van der Waals surface area contributed by atoms with Gasteiger partial charge in [0.2, 0.25) is 5.91 Å². The molecule has 1 aliphatic heterocycles. The van der Waals surface area contributed by atoms with Crippen molar-refractivity contribution in [1.82, 2.24) is 0 Å². The minimum Gasteiger partial charge on any atom is -0.495 e. The first-order chi connectivity index (χ1) is 13.4. The van der Waals surface area contributed by atoms with Gasteiger partial charge in [-0.2, -0.15) is 0 Å². The third-order valence-electron chi connectivity index (χ3n) is 4.56. The molecule has 1 aliphatic rings. The van der Waals surface area contributed by atoms with E-state index in [0.717, 1.165) is 0 Å². The molecule has 2 N–H and O–H groups in total. The number of amides is 1. The van der Waals surface area contributed by atoms with Crippen molar-refractivity contribution in [3.63, 3.8) is 0 Å². The van der Waals surface area contributed by atoms with Gasteiger partial charge in [-0.05, 0) is 30.7 Å². The predicted molar refractivity (Wildman–Crippen MR) is 103 cm³/mol. The SMILES string of the molecule is COc1ccccc1N([C@H]1CCO[C@@H]1OC)S(=O)(=O)c1ccccc1C(N)=O. The largest absolute Gasteiger partial charge is 0.495 e. The van der Waals surface area contributed by atoms with Gasteiger partial charge in [-0.1, -0.05) is 24.3 Å². The van der Waals surface area contributed by atoms with Gasteiger partial charge in [0.25, 0.3) is 10.0 Å². The Kier molecular flexibility index (Phi) is 5.87. The van der Waals surface area contributed by atoms with E-state index in [2.05, 4.69) is 0 Å². The van der Waals surface area contributed by atoms with Crippen molar-refractivity contribution in [2.24, 2.45) is 5.73 Å². The average Bonchev–Trinajstić information content (AvgIpc) is 3.16. The maximum absolute atomic E-state index is 13.7. The van der Waals surface area contributed by atoms with Gasteiger partial charge >= 0.3 is 0 Å². The molecule has 2 atom stereocenters. The Morgan fingerprint density at radius 1 is 1.14 bits per heavy atom. The van der Waals surface area contributed by atoms with Crippen LogP contribution < -0.4 is 14.8 Å². The van der Waals surface area contributed by atoms with Gasteiger partial charge in [-0.15, -0.1) is 0 Å². The van der Waals surface area contributed by atoms with Crippen LogP contribution in [0, 0.1) is 0 Å². The number of methoxy groups -OCH3 is 2. The molecule has 0 spiro atoms. The second kappa shape index (κ2) is 8.17. The van der Waals surface area contributed by atoms with Crippen molar-refractivity contribution < 1.29 is 27.4 Å². The number of benzene rings is 2. The molecule has 0 aromatic heterocycles. The lowest BCUT2D eigenvalue weighted by Crippen LogP contribution is -2.46. The van der Waals surface area contributed by atoms with Crippen LogP contribution >= 0.6 is 0 Å². The highest BCUT2D eigenvalue weighted by Crippen LogP contribution is 2.38. The minimum atomic E-state index is -4.20. The van der Waals surface area contributed by atoms with Gasteiger partial charge in [-0.3, -0.25) is 9.10 Å². The second-order valence-electron chi connectivity index (χ2n) is 6.16. The minimum absolute atomic E-state index is 0.0877. The molecule has 9 heteroatoms. The highest BCUT2D eigenvalue weighted by atomic mass is 32.2. The van der Waals surface area contributed by atoms with Crippen molar-refractivity contribution in [2.75, 3.05) is 25.1 Å². The number of primary amides is 1. The number of carbonyl (C=O) groups is 1. The van der Waals surface area contributed by atoms with Crippen molar-refractivity contribution in [2.45, 2.75) is 23.6 Å². The molecular formula is C19H22N2O6S. The standard InChI is InChI=1S/C19H22N2O6S/c1-25-16-9-5-4-8-14(16)21(15-11-12-27-19(15)26-2)28(23,24)17-10-6-3-7-13(17)18(20)22/h3-10,15,19H,11-12H2,1-2H3,(H2,20,22)/t15-,19-/m0/s1.